The number of amides is 2. The quantitative estimate of drug-likeness (QED) is 0.317. The first kappa shape index (κ1) is 35.8. The van der Waals surface area contributed by atoms with Gasteiger partial charge in [-0.2, -0.15) is 4.98 Å². The minimum atomic E-state index is -4.15. The zero-order valence-corrected chi connectivity index (χ0v) is 30.8. The summed E-state index contributed by atoms with van der Waals surface area (Å²) in [5.74, 6) is 0.180. The third-order valence-corrected chi connectivity index (χ3v) is 11.6. The minimum absolute atomic E-state index is 0.0000843. The summed E-state index contributed by atoms with van der Waals surface area (Å²) in [7, 11) is -4.15. The molecule has 2 aromatic carbocycles. The fourth-order valence-electron chi connectivity index (χ4n) is 7.74. The molecule has 6 rings (SSSR count). The predicted molar refractivity (Wildman–Crippen MR) is 191 cm³/mol. The molecule has 2 fully saturated rings. The summed E-state index contributed by atoms with van der Waals surface area (Å²) in [6, 6.07) is 13.5. The Morgan fingerprint density at radius 1 is 1.02 bits per heavy atom. The standard InChI is InChI=1S/C38H49N5O6S/c1-24(2)17-29-22-49-33-19-32(35-26(5)9-7-10-27(35)6)39-37(40-33)41-50(46,47)31-12-8-11-28(18-31)36(45)43(29)30-20-38(21-30)13-15-42(16-14-38)34(44)23-48-25(3)4/h7-12,18-19,24-25,29-30H,13-17,20-23H2,1-6H3,(H,39,40,41)/t29-/m1/s1. The van der Waals surface area contributed by atoms with Gasteiger partial charge in [-0.05, 0) is 100 Å². The van der Waals surface area contributed by atoms with Crippen LogP contribution in [0, 0.1) is 25.2 Å². The summed E-state index contributed by atoms with van der Waals surface area (Å²) in [6.45, 7) is 13.7. The van der Waals surface area contributed by atoms with E-state index in [9.17, 15) is 18.0 Å². The summed E-state index contributed by atoms with van der Waals surface area (Å²) < 4.78 is 41.9. The largest absolute Gasteiger partial charge is 0.475 e. The molecule has 1 atom stereocenters. The Labute approximate surface area is 295 Å². The number of nitrogens with one attached hydrogen (secondary N) is 1. The lowest BCUT2D eigenvalue weighted by molar-refractivity contribution is -0.142. The molecule has 268 valence electrons. The van der Waals surface area contributed by atoms with Gasteiger partial charge in [-0.3, -0.25) is 9.59 Å². The van der Waals surface area contributed by atoms with Crippen LogP contribution in [0.3, 0.4) is 0 Å². The molecule has 50 heavy (non-hydrogen) atoms. The molecule has 12 heteroatoms. The van der Waals surface area contributed by atoms with Crippen molar-refractivity contribution in [2.75, 3.05) is 31.0 Å². The van der Waals surface area contributed by atoms with Gasteiger partial charge in [0.25, 0.3) is 15.9 Å². The van der Waals surface area contributed by atoms with Crippen molar-refractivity contribution in [3.63, 3.8) is 0 Å². The number of hydrogen-bond donors (Lipinski definition) is 1. The van der Waals surface area contributed by atoms with Crippen molar-refractivity contribution in [1.29, 1.82) is 0 Å². The Morgan fingerprint density at radius 3 is 2.36 bits per heavy atom. The first-order chi connectivity index (χ1) is 23.7. The fraction of sp³-hybridized carbons (Fsp3) is 0.526. The summed E-state index contributed by atoms with van der Waals surface area (Å²) in [5, 5.41) is 0. The average Bonchev–Trinajstić information content (AvgIpc) is 3.05. The first-order valence-corrected chi connectivity index (χ1v) is 19.2. The number of likely N-dealkylation sites (tertiary alicyclic amines) is 1. The van der Waals surface area contributed by atoms with Crippen LogP contribution in [0.1, 0.15) is 81.3 Å². The van der Waals surface area contributed by atoms with Crippen molar-refractivity contribution in [2.24, 2.45) is 11.3 Å². The molecular formula is C38H49N5O6S. The Balaban J connectivity index is 1.33. The maximum atomic E-state index is 14.6. The number of rotatable bonds is 7. The van der Waals surface area contributed by atoms with Crippen LogP contribution in [-0.4, -0.2) is 84.5 Å². The number of aryl methyl sites for hydroxylation is 2. The molecule has 1 saturated carbocycles. The van der Waals surface area contributed by atoms with Gasteiger partial charge in [0, 0.05) is 36.3 Å². The first-order valence-electron chi connectivity index (χ1n) is 17.7. The number of carbonyl (C=O) groups is 2. The van der Waals surface area contributed by atoms with E-state index in [1.54, 1.807) is 18.2 Å². The van der Waals surface area contributed by atoms with Crippen LogP contribution in [0.5, 0.6) is 5.88 Å². The average molecular weight is 704 g/mol. The van der Waals surface area contributed by atoms with E-state index in [1.165, 1.54) is 12.1 Å². The molecule has 0 radical (unpaired) electrons. The molecular weight excluding hydrogens is 655 g/mol. The third-order valence-electron chi connectivity index (χ3n) is 10.3. The number of anilines is 1. The normalized spacial score (nSPS) is 20.4. The Kier molecular flexibility index (Phi) is 10.2. The van der Waals surface area contributed by atoms with E-state index in [1.807, 2.05) is 55.7 Å². The highest BCUT2D eigenvalue weighted by molar-refractivity contribution is 7.92. The van der Waals surface area contributed by atoms with Gasteiger partial charge in [-0.1, -0.05) is 38.1 Å². The number of piperidine rings is 1. The zero-order chi connectivity index (χ0) is 35.8. The van der Waals surface area contributed by atoms with E-state index >= 15 is 0 Å². The minimum Gasteiger partial charge on any atom is -0.475 e. The molecule has 4 bridgehead atoms. The lowest BCUT2D eigenvalue weighted by atomic mass is 9.59. The number of benzene rings is 2. The van der Waals surface area contributed by atoms with Crippen LogP contribution in [0.4, 0.5) is 5.95 Å². The van der Waals surface area contributed by atoms with Crippen LogP contribution in [0.2, 0.25) is 0 Å². The number of fused-ring (bicyclic) bond motifs is 4. The van der Waals surface area contributed by atoms with Crippen molar-refractivity contribution in [3.8, 4) is 17.1 Å². The van der Waals surface area contributed by atoms with Gasteiger partial charge in [-0.15, -0.1) is 0 Å². The van der Waals surface area contributed by atoms with Crippen LogP contribution < -0.4 is 9.46 Å². The fourth-order valence-corrected chi connectivity index (χ4v) is 8.73. The Hall–Kier alpha value is -4.03. The molecule has 2 aliphatic heterocycles. The van der Waals surface area contributed by atoms with E-state index in [0.29, 0.717) is 30.8 Å². The predicted octanol–water partition coefficient (Wildman–Crippen LogP) is 6.01. The van der Waals surface area contributed by atoms with Crippen LogP contribution in [0.25, 0.3) is 11.3 Å². The summed E-state index contributed by atoms with van der Waals surface area (Å²) in [4.78, 5) is 40.2. The van der Waals surface area contributed by atoms with E-state index < -0.39 is 10.0 Å². The second-order valence-corrected chi connectivity index (χ2v) is 16.6. The van der Waals surface area contributed by atoms with Crippen molar-refractivity contribution in [2.45, 2.75) is 96.7 Å². The third kappa shape index (κ3) is 7.66. The van der Waals surface area contributed by atoms with Gasteiger partial charge in [0.05, 0.1) is 22.7 Å². The molecule has 1 aliphatic carbocycles. The van der Waals surface area contributed by atoms with Crippen LogP contribution in [0.15, 0.2) is 53.4 Å². The summed E-state index contributed by atoms with van der Waals surface area (Å²) in [5.41, 5.74) is 3.74. The highest BCUT2D eigenvalue weighted by Gasteiger charge is 2.51. The Morgan fingerprint density at radius 2 is 1.70 bits per heavy atom. The molecule has 1 saturated heterocycles. The van der Waals surface area contributed by atoms with Crippen LogP contribution in [-0.2, 0) is 19.6 Å². The maximum absolute atomic E-state index is 14.6. The van der Waals surface area contributed by atoms with Crippen molar-refractivity contribution in [3.05, 3.63) is 65.2 Å². The number of sulfonamides is 1. The van der Waals surface area contributed by atoms with Crippen molar-refractivity contribution >= 4 is 27.8 Å². The lowest BCUT2D eigenvalue weighted by Crippen LogP contribution is -2.60. The second kappa shape index (κ2) is 14.3. The summed E-state index contributed by atoms with van der Waals surface area (Å²) >= 11 is 0. The molecule has 0 unspecified atom stereocenters. The van der Waals surface area contributed by atoms with E-state index in [4.69, 9.17) is 9.47 Å². The number of hydrogen-bond acceptors (Lipinski definition) is 8. The van der Waals surface area contributed by atoms with Gasteiger partial charge in [0.2, 0.25) is 17.7 Å². The zero-order valence-electron chi connectivity index (χ0n) is 29.9. The molecule has 3 aliphatic rings. The van der Waals surface area contributed by atoms with E-state index in [-0.39, 0.29) is 71.3 Å². The molecule has 3 heterocycles. The molecule has 2 amide bonds. The number of aromatic nitrogens is 2. The Bertz CT molecular complexity index is 1830. The highest BCUT2D eigenvalue weighted by Crippen LogP contribution is 2.52. The van der Waals surface area contributed by atoms with Crippen LogP contribution >= 0.6 is 0 Å². The smallest absolute Gasteiger partial charge is 0.264 e. The van der Waals surface area contributed by atoms with Gasteiger partial charge in [0.15, 0.2) is 0 Å². The van der Waals surface area contributed by atoms with Gasteiger partial charge in [-0.25, -0.2) is 18.1 Å². The summed E-state index contributed by atoms with van der Waals surface area (Å²) in [6.07, 6.45) is 4.05. The van der Waals surface area contributed by atoms with Gasteiger partial charge >= 0.3 is 0 Å². The molecule has 1 N–H and O–H groups in total. The van der Waals surface area contributed by atoms with E-state index in [0.717, 1.165) is 42.4 Å². The highest BCUT2D eigenvalue weighted by atomic mass is 32.2. The monoisotopic (exact) mass is 703 g/mol. The number of carbonyl (C=O) groups excluding carboxylic acids is 2. The topological polar surface area (TPSA) is 131 Å². The SMILES string of the molecule is Cc1cccc(C)c1-c1cc2nc(n1)NS(=O)(=O)c1cccc(c1)C(=O)N(C1CC3(CCN(C(=O)COC(C)C)CC3)C1)[C@H](CC(C)C)CO2. The van der Waals surface area contributed by atoms with E-state index in [2.05, 4.69) is 28.5 Å². The van der Waals surface area contributed by atoms with Gasteiger partial charge in [0.1, 0.15) is 13.2 Å². The molecule has 3 aromatic rings. The molecule has 1 aromatic heterocycles. The maximum Gasteiger partial charge on any atom is 0.264 e. The molecule has 1 spiro atoms. The van der Waals surface area contributed by atoms with Gasteiger partial charge < -0.3 is 19.3 Å². The van der Waals surface area contributed by atoms with Crippen molar-refractivity contribution < 1.29 is 27.5 Å². The number of ether oxygens (including phenoxy) is 2. The second-order valence-electron chi connectivity index (χ2n) is 14.9. The number of nitrogens with zero attached hydrogens (tertiary/aromatic N) is 4. The van der Waals surface area contributed by atoms with Crippen molar-refractivity contribution in [1.82, 2.24) is 19.8 Å². The lowest BCUT2D eigenvalue weighted by Gasteiger charge is -2.56. The molecule has 11 nitrogen and oxygen atoms in total.